The van der Waals surface area contributed by atoms with Gasteiger partial charge in [-0.1, -0.05) is 0 Å². The van der Waals surface area contributed by atoms with Crippen LogP contribution in [0.1, 0.15) is 6.92 Å². The van der Waals surface area contributed by atoms with Gasteiger partial charge in [0.15, 0.2) is 5.82 Å². The zero-order valence-corrected chi connectivity index (χ0v) is 10.9. The summed E-state index contributed by atoms with van der Waals surface area (Å²) in [5.41, 5.74) is 0. The quantitative estimate of drug-likeness (QED) is 0.819. The van der Waals surface area contributed by atoms with Crippen molar-refractivity contribution in [2.45, 2.75) is 11.9 Å². The van der Waals surface area contributed by atoms with Gasteiger partial charge in [0.05, 0.1) is 6.54 Å². The number of halogens is 1. The van der Waals surface area contributed by atoms with Gasteiger partial charge in [0, 0.05) is 19.8 Å². The van der Waals surface area contributed by atoms with Gasteiger partial charge in [-0.2, -0.15) is 0 Å². The summed E-state index contributed by atoms with van der Waals surface area (Å²) in [5.74, 6) is -1.36. The van der Waals surface area contributed by atoms with Crippen molar-refractivity contribution in [2.75, 3.05) is 20.1 Å². The Morgan fingerprint density at radius 3 is 2.78 bits per heavy atom. The van der Waals surface area contributed by atoms with E-state index >= 15 is 0 Å². The summed E-state index contributed by atoms with van der Waals surface area (Å²) in [6.45, 7) is 1.78. The van der Waals surface area contributed by atoms with E-state index in [4.69, 9.17) is 0 Å². The van der Waals surface area contributed by atoms with Gasteiger partial charge in [-0.15, -0.1) is 0 Å². The van der Waals surface area contributed by atoms with Gasteiger partial charge < -0.3 is 4.90 Å². The highest BCUT2D eigenvalue weighted by atomic mass is 32.2. The number of amides is 1. The average molecular weight is 275 g/mol. The van der Waals surface area contributed by atoms with Gasteiger partial charge in [0.1, 0.15) is 0 Å². The average Bonchev–Trinajstić information content (AvgIpc) is 2.35. The summed E-state index contributed by atoms with van der Waals surface area (Å²) in [7, 11) is -2.57. The standard InChI is InChI=1S/C10H14FN3O3S/c1-3-14(2)9(15)7-13-18(16,17)10-8(11)5-4-6-12-10/h4-6,13H,3,7H2,1-2H3. The Labute approximate surface area is 105 Å². The molecule has 0 unspecified atom stereocenters. The van der Waals surface area contributed by atoms with Crippen LogP contribution in [0, 0.1) is 5.82 Å². The molecule has 0 aliphatic rings. The normalized spacial score (nSPS) is 11.3. The molecule has 0 saturated carbocycles. The maximum Gasteiger partial charge on any atom is 0.261 e. The molecule has 100 valence electrons. The van der Waals surface area contributed by atoms with Crippen LogP contribution in [0.25, 0.3) is 0 Å². The van der Waals surface area contributed by atoms with E-state index in [2.05, 4.69) is 4.98 Å². The van der Waals surface area contributed by atoms with Crippen molar-refractivity contribution in [3.8, 4) is 0 Å². The molecular weight excluding hydrogens is 261 g/mol. The summed E-state index contributed by atoms with van der Waals surface area (Å²) < 4.78 is 38.6. The van der Waals surface area contributed by atoms with Gasteiger partial charge >= 0.3 is 0 Å². The Hall–Kier alpha value is -1.54. The molecule has 1 heterocycles. The summed E-state index contributed by atoms with van der Waals surface area (Å²) in [4.78, 5) is 16.2. The molecule has 0 radical (unpaired) electrons. The summed E-state index contributed by atoms with van der Waals surface area (Å²) in [6, 6.07) is 2.27. The van der Waals surface area contributed by atoms with Crippen molar-refractivity contribution in [3.63, 3.8) is 0 Å². The molecular formula is C10H14FN3O3S. The number of carbonyl (C=O) groups excluding carboxylic acids is 1. The van der Waals surface area contributed by atoms with Crippen molar-refractivity contribution in [3.05, 3.63) is 24.1 Å². The Bertz CT molecular complexity index is 533. The Morgan fingerprint density at radius 1 is 1.56 bits per heavy atom. The molecule has 0 bridgehead atoms. The molecule has 1 aromatic rings. The molecule has 0 aromatic carbocycles. The fraction of sp³-hybridized carbons (Fsp3) is 0.400. The lowest BCUT2D eigenvalue weighted by molar-refractivity contribution is -0.128. The van der Waals surface area contributed by atoms with E-state index in [1.165, 1.54) is 18.0 Å². The molecule has 1 amide bonds. The summed E-state index contributed by atoms with van der Waals surface area (Å²) in [5, 5.41) is -0.711. The van der Waals surface area contributed by atoms with E-state index in [-0.39, 0.29) is 0 Å². The second-order valence-corrected chi connectivity index (χ2v) is 5.21. The second kappa shape index (κ2) is 5.87. The minimum Gasteiger partial charge on any atom is -0.345 e. The number of aromatic nitrogens is 1. The molecule has 0 spiro atoms. The topological polar surface area (TPSA) is 79.4 Å². The van der Waals surface area contributed by atoms with Crippen molar-refractivity contribution in [1.29, 1.82) is 0 Å². The van der Waals surface area contributed by atoms with Crippen molar-refractivity contribution >= 4 is 15.9 Å². The Morgan fingerprint density at radius 2 is 2.22 bits per heavy atom. The van der Waals surface area contributed by atoms with Crippen LogP contribution in [-0.4, -0.2) is 44.3 Å². The van der Waals surface area contributed by atoms with Crippen LogP contribution in [0.5, 0.6) is 0 Å². The molecule has 0 fully saturated rings. The molecule has 0 aliphatic carbocycles. The highest BCUT2D eigenvalue weighted by molar-refractivity contribution is 7.89. The largest absolute Gasteiger partial charge is 0.345 e. The van der Waals surface area contributed by atoms with E-state index in [1.807, 2.05) is 4.72 Å². The predicted octanol–water partition coefficient (Wildman–Crippen LogP) is -0.0227. The first kappa shape index (κ1) is 14.5. The SMILES string of the molecule is CCN(C)C(=O)CNS(=O)(=O)c1ncccc1F. The zero-order chi connectivity index (χ0) is 13.8. The third-order valence-corrected chi connectivity index (χ3v) is 3.63. The zero-order valence-electron chi connectivity index (χ0n) is 10.1. The van der Waals surface area contributed by atoms with Crippen LogP contribution in [-0.2, 0) is 14.8 Å². The Balaban J connectivity index is 2.79. The minimum atomic E-state index is -4.11. The highest BCUT2D eigenvalue weighted by Crippen LogP contribution is 2.09. The summed E-state index contributed by atoms with van der Waals surface area (Å²) in [6.07, 6.45) is 1.16. The molecule has 0 atom stereocenters. The number of pyridine rings is 1. The molecule has 0 aliphatic heterocycles. The second-order valence-electron chi connectivity index (χ2n) is 3.52. The van der Waals surface area contributed by atoms with Gasteiger partial charge in [-0.05, 0) is 19.1 Å². The smallest absolute Gasteiger partial charge is 0.261 e. The van der Waals surface area contributed by atoms with Crippen LogP contribution in [0.2, 0.25) is 0 Å². The van der Waals surface area contributed by atoms with Crippen LogP contribution < -0.4 is 4.72 Å². The number of likely N-dealkylation sites (N-methyl/N-ethyl adjacent to an activating group) is 1. The first-order valence-corrected chi connectivity index (χ1v) is 6.71. The molecule has 6 nitrogen and oxygen atoms in total. The van der Waals surface area contributed by atoms with E-state index in [1.54, 1.807) is 6.92 Å². The third kappa shape index (κ3) is 3.47. The third-order valence-electron chi connectivity index (χ3n) is 2.29. The van der Waals surface area contributed by atoms with Crippen LogP contribution in [0.4, 0.5) is 4.39 Å². The van der Waals surface area contributed by atoms with Crippen molar-refractivity contribution < 1.29 is 17.6 Å². The van der Waals surface area contributed by atoms with Crippen molar-refractivity contribution in [1.82, 2.24) is 14.6 Å². The predicted molar refractivity (Wildman–Crippen MR) is 62.7 cm³/mol. The lowest BCUT2D eigenvalue weighted by Crippen LogP contribution is -2.38. The molecule has 1 aromatic heterocycles. The van der Waals surface area contributed by atoms with Crippen LogP contribution in [0.15, 0.2) is 23.4 Å². The van der Waals surface area contributed by atoms with Gasteiger partial charge in [-0.3, -0.25) is 4.79 Å². The number of nitrogens with zero attached hydrogens (tertiary/aromatic N) is 2. The van der Waals surface area contributed by atoms with Crippen LogP contribution >= 0.6 is 0 Å². The molecule has 0 saturated heterocycles. The number of hydrogen-bond donors (Lipinski definition) is 1. The van der Waals surface area contributed by atoms with Gasteiger partial charge in [0.2, 0.25) is 10.9 Å². The number of carbonyl (C=O) groups is 1. The summed E-state index contributed by atoms with van der Waals surface area (Å²) >= 11 is 0. The van der Waals surface area contributed by atoms with E-state index in [0.29, 0.717) is 6.54 Å². The number of nitrogens with one attached hydrogen (secondary N) is 1. The van der Waals surface area contributed by atoms with Crippen LogP contribution in [0.3, 0.4) is 0 Å². The lowest BCUT2D eigenvalue weighted by atomic mass is 10.5. The fourth-order valence-corrected chi connectivity index (χ4v) is 2.08. The number of sulfonamides is 1. The molecule has 1 rings (SSSR count). The van der Waals surface area contributed by atoms with Gasteiger partial charge in [-0.25, -0.2) is 22.5 Å². The highest BCUT2D eigenvalue weighted by Gasteiger charge is 2.21. The van der Waals surface area contributed by atoms with Gasteiger partial charge in [0.25, 0.3) is 10.0 Å². The fourth-order valence-electron chi connectivity index (χ4n) is 1.11. The Kier molecular flexibility index (Phi) is 4.74. The first-order chi connectivity index (χ1) is 8.38. The van der Waals surface area contributed by atoms with Crippen molar-refractivity contribution in [2.24, 2.45) is 0 Å². The monoisotopic (exact) mass is 275 g/mol. The first-order valence-electron chi connectivity index (χ1n) is 5.22. The minimum absolute atomic E-state index is 0.405. The number of hydrogen-bond acceptors (Lipinski definition) is 4. The molecule has 8 heteroatoms. The van der Waals surface area contributed by atoms with E-state index in [9.17, 15) is 17.6 Å². The number of rotatable bonds is 5. The maximum absolute atomic E-state index is 13.3. The van der Waals surface area contributed by atoms with E-state index in [0.717, 1.165) is 12.3 Å². The van der Waals surface area contributed by atoms with E-state index < -0.39 is 33.3 Å². The molecule has 18 heavy (non-hydrogen) atoms. The maximum atomic E-state index is 13.3. The lowest BCUT2D eigenvalue weighted by Gasteiger charge is -2.14. The molecule has 1 N–H and O–H groups in total.